The maximum Gasteiger partial charge on any atom is 0.347 e. The van der Waals surface area contributed by atoms with E-state index in [4.69, 9.17) is 20.8 Å². The summed E-state index contributed by atoms with van der Waals surface area (Å²) in [4.78, 5) is 27.5. The maximum atomic E-state index is 12.1. The quantitative estimate of drug-likeness (QED) is 0.535. The first-order valence-corrected chi connectivity index (χ1v) is 6.80. The lowest BCUT2D eigenvalue weighted by Gasteiger charge is -2.07. The molecule has 22 heavy (non-hydrogen) atoms. The molecule has 1 heterocycles. The van der Waals surface area contributed by atoms with E-state index in [0.717, 1.165) is 0 Å². The van der Waals surface area contributed by atoms with Crippen molar-refractivity contribution in [2.24, 2.45) is 0 Å². The minimum absolute atomic E-state index is 0.0663. The van der Waals surface area contributed by atoms with Gasteiger partial charge in [0, 0.05) is 11.9 Å². The summed E-state index contributed by atoms with van der Waals surface area (Å²) in [7, 11) is 0. The number of esters is 1. The number of nitrogens with zero attached hydrogens (tertiary/aromatic N) is 1. The van der Waals surface area contributed by atoms with E-state index < -0.39 is 11.6 Å². The van der Waals surface area contributed by atoms with Crippen molar-refractivity contribution in [1.29, 1.82) is 0 Å². The van der Waals surface area contributed by atoms with Crippen LogP contribution in [0, 0.1) is 0 Å². The maximum absolute atomic E-state index is 12.1. The molecule has 0 saturated carbocycles. The Balaban J connectivity index is 2.23. The Morgan fingerprint density at radius 2 is 2.00 bits per heavy atom. The Morgan fingerprint density at radius 3 is 2.77 bits per heavy atom. The average molecular weight is 316 g/mol. The fraction of sp³-hybridized carbons (Fsp3) is 0.0625. The molecule has 0 fully saturated rings. The highest BCUT2D eigenvalue weighted by Gasteiger charge is 2.14. The van der Waals surface area contributed by atoms with Gasteiger partial charge < -0.3 is 9.15 Å². The Bertz CT molecular complexity index is 933. The smallest absolute Gasteiger partial charge is 0.347 e. The van der Waals surface area contributed by atoms with Gasteiger partial charge in [-0.05, 0) is 30.3 Å². The van der Waals surface area contributed by atoms with E-state index in [1.807, 2.05) is 0 Å². The molecule has 0 saturated heterocycles. The topological polar surface area (TPSA) is 69.4 Å². The van der Waals surface area contributed by atoms with Crippen molar-refractivity contribution in [2.45, 2.75) is 6.92 Å². The van der Waals surface area contributed by atoms with Gasteiger partial charge in [-0.1, -0.05) is 23.7 Å². The number of carbonyl (C=O) groups is 1. The standard InChI is InChI=1S/C16H10ClNO4/c1-9(19)21-14-5-3-2-4-12(14)15-18-13-8-10(17)6-7-11(13)16(20)22-15/h2-8H,1H3. The fourth-order valence-electron chi connectivity index (χ4n) is 2.05. The number of ether oxygens (including phenoxy) is 1. The monoisotopic (exact) mass is 315 g/mol. The van der Waals surface area contributed by atoms with E-state index in [2.05, 4.69) is 4.98 Å². The highest BCUT2D eigenvalue weighted by molar-refractivity contribution is 6.31. The van der Waals surface area contributed by atoms with E-state index in [-0.39, 0.29) is 11.6 Å². The lowest BCUT2D eigenvalue weighted by Crippen LogP contribution is -2.05. The Morgan fingerprint density at radius 1 is 1.23 bits per heavy atom. The normalized spacial score (nSPS) is 10.6. The van der Waals surface area contributed by atoms with Gasteiger partial charge in [0.2, 0.25) is 5.89 Å². The zero-order valence-corrected chi connectivity index (χ0v) is 12.3. The summed E-state index contributed by atoms with van der Waals surface area (Å²) < 4.78 is 10.3. The molecular formula is C16H10ClNO4. The first-order chi connectivity index (χ1) is 10.5. The number of hydrogen-bond donors (Lipinski definition) is 0. The van der Waals surface area contributed by atoms with E-state index in [0.29, 0.717) is 21.5 Å². The highest BCUT2D eigenvalue weighted by Crippen LogP contribution is 2.29. The van der Waals surface area contributed by atoms with E-state index >= 15 is 0 Å². The summed E-state index contributed by atoms with van der Waals surface area (Å²) >= 11 is 5.93. The van der Waals surface area contributed by atoms with Crippen molar-refractivity contribution in [3.8, 4) is 17.2 Å². The molecule has 0 aliphatic heterocycles. The number of aromatic nitrogens is 1. The molecule has 0 radical (unpaired) electrons. The van der Waals surface area contributed by atoms with E-state index in [1.54, 1.807) is 42.5 Å². The van der Waals surface area contributed by atoms with Gasteiger partial charge in [-0.3, -0.25) is 4.79 Å². The number of carbonyl (C=O) groups excluding carboxylic acids is 1. The predicted octanol–water partition coefficient (Wildman–Crippen LogP) is 3.43. The third-order valence-electron chi connectivity index (χ3n) is 2.96. The van der Waals surface area contributed by atoms with E-state index in [9.17, 15) is 9.59 Å². The van der Waals surface area contributed by atoms with Crippen LogP contribution in [0.1, 0.15) is 6.92 Å². The molecule has 0 aliphatic rings. The lowest BCUT2D eigenvalue weighted by molar-refractivity contribution is -0.131. The van der Waals surface area contributed by atoms with Gasteiger partial charge in [0.05, 0.1) is 16.5 Å². The molecule has 0 spiro atoms. The molecule has 0 aliphatic carbocycles. The van der Waals surface area contributed by atoms with Crippen LogP contribution in [0.25, 0.3) is 22.4 Å². The summed E-state index contributed by atoms with van der Waals surface area (Å²) in [5, 5.41) is 0.794. The highest BCUT2D eigenvalue weighted by atomic mass is 35.5. The fourth-order valence-corrected chi connectivity index (χ4v) is 2.21. The second kappa shape index (κ2) is 5.61. The van der Waals surface area contributed by atoms with Crippen molar-refractivity contribution >= 4 is 28.5 Å². The average Bonchev–Trinajstić information content (AvgIpc) is 2.46. The van der Waals surface area contributed by atoms with Crippen molar-refractivity contribution in [1.82, 2.24) is 4.98 Å². The van der Waals surface area contributed by atoms with Gasteiger partial charge >= 0.3 is 11.6 Å². The number of benzene rings is 2. The van der Waals surface area contributed by atoms with Crippen LogP contribution < -0.4 is 10.4 Å². The number of rotatable bonds is 2. The van der Waals surface area contributed by atoms with Crippen LogP contribution in [-0.4, -0.2) is 11.0 Å². The van der Waals surface area contributed by atoms with Gasteiger partial charge in [-0.2, -0.15) is 0 Å². The number of para-hydroxylation sites is 1. The lowest BCUT2D eigenvalue weighted by atomic mass is 10.2. The van der Waals surface area contributed by atoms with Crippen molar-refractivity contribution in [3.63, 3.8) is 0 Å². The molecule has 0 unspecified atom stereocenters. The summed E-state index contributed by atoms with van der Waals surface area (Å²) in [6.07, 6.45) is 0. The van der Waals surface area contributed by atoms with Gasteiger partial charge in [0.15, 0.2) is 0 Å². The molecule has 0 N–H and O–H groups in total. The molecular weight excluding hydrogens is 306 g/mol. The summed E-state index contributed by atoms with van der Waals surface area (Å²) in [5.74, 6) is -0.137. The summed E-state index contributed by atoms with van der Waals surface area (Å²) in [5.41, 5.74) is 0.294. The Hall–Kier alpha value is -2.66. The molecule has 3 aromatic rings. The minimum Gasteiger partial charge on any atom is -0.426 e. The molecule has 0 bridgehead atoms. The Kier molecular flexibility index (Phi) is 3.65. The SMILES string of the molecule is CC(=O)Oc1ccccc1-c1nc2cc(Cl)ccc2c(=O)o1. The van der Waals surface area contributed by atoms with Gasteiger partial charge in [-0.15, -0.1) is 0 Å². The van der Waals surface area contributed by atoms with E-state index in [1.165, 1.54) is 6.92 Å². The van der Waals surface area contributed by atoms with Crippen LogP contribution in [0.4, 0.5) is 0 Å². The van der Waals surface area contributed by atoms with Crippen LogP contribution >= 0.6 is 11.6 Å². The molecule has 0 amide bonds. The number of hydrogen-bond acceptors (Lipinski definition) is 5. The zero-order valence-electron chi connectivity index (χ0n) is 11.5. The molecule has 3 rings (SSSR count). The predicted molar refractivity (Wildman–Crippen MR) is 82.0 cm³/mol. The molecule has 6 heteroatoms. The second-order valence-corrected chi connectivity index (χ2v) is 4.99. The van der Waals surface area contributed by atoms with Gasteiger partial charge in [-0.25, -0.2) is 9.78 Å². The number of halogens is 1. The molecule has 1 aromatic heterocycles. The largest absolute Gasteiger partial charge is 0.426 e. The van der Waals surface area contributed by atoms with Crippen LogP contribution in [0.3, 0.4) is 0 Å². The molecule has 5 nitrogen and oxygen atoms in total. The molecule has 2 aromatic carbocycles. The first-order valence-electron chi connectivity index (χ1n) is 6.43. The van der Waals surface area contributed by atoms with Crippen LogP contribution in [-0.2, 0) is 4.79 Å². The molecule has 0 atom stereocenters. The van der Waals surface area contributed by atoms with Crippen molar-refractivity contribution < 1.29 is 13.9 Å². The summed E-state index contributed by atoms with van der Waals surface area (Å²) in [6.45, 7) is 1.29. The van der Waals surface area contributed by atoms with Gasteiger partial charge in [0.1, 0.15) is 5.75 Å². The zero-order chi connectivity index (χ0) is 15.7. The summed E-state index contributed by atoms with van der Waals surface area (Å²) in [6, 6.07) is 11.4. The molecule has 110 valence electrons. The second-order valence-electron chi connectivity index (χ2n) is 4.56. The van der Waals surface area contributed by atoms with Gasteiger partial charge in [0.25, 0.3) is 0 Å². The van der Waals surface area contributed by atoms with Crippen LogP contribution in [0.2, 0.25) is 5.02 Å². The van der Waals surface area contributed by atoms with Crippen LogP contribution in [0.15, 0.2) is 51.7 Å². The minimum atomic E-state index is -0.533. The van der Waals surface area contributed by atoms with Crippen LogP contribution in [0.5, 0.6) is 5.75 Å². The van der Waals surface area contributed by atoms with Crippen molar-refractivity contribution in [2.75, 3.05) is 0 Å². The third-order valence-corrected chi connectivity index (χ3v) is 3.20. The third kappa shape index (κ3) is 2.71. The van der Waals surface area contributed by atoms with Crippen molar-refractivity contribution in [3.05, 3.63) is 57.9 Å². The Labute approximate surface area is 130 Å². The number of fused-ring (bicyclic) bond motifs is 1. The first kappa shape index (κ1) is 14.3.